The molecule has 2 heterocycles. The molecule has 2 aliphatic rings. The van der Waals surface area contributed by atoms with Crippen molar-refractivity contribution in [3.63, 3.8) is 0 Å². The van der Waals surface area contributed by atoms with Gasteiger partial charge in [0.1, 0.15) is 0 Å². The minimum absolute atomic E-state index is 0.0666. The van der Waals surface area contributed by atoms with Crippen molar-refractivity contribution in [1.82, 2.24) is 10.2 Å². The van der Waals surface area contributed by atoms with Gasteiger partial charge in [-0.25, -0.2) is 0 Å². The molecule has 0 radical (unpaired) electrons. The lowest BCUT2D eigenvalue weighted by molar-refractivity contribution is -0.117. The van der Waals surface area contributed by atoms with Crippen LogP contribution in [0.2, 0.25) is 10.0 Å². The highest BCUT2D eigenvalue weighted by molar-refractivity contribution is 6.35. The predicted molar refractivity (Wildman–Crippen MR) is 99.5 cm³/mol. The Balaban J connectivity index is 1.53. The summed E-state index contributed by atoms with van der Waals surface area (Å²) in [5.41, 5.74) is 3.13. The Hall–Kier alpha value is -1.75. The zero-order valence-corrected chi connectivity index (χ0v) is 14.7. The monoisotopic (exact) mass is 363 g/mol. The average Bonchev–Trinajstić information content (AvgIpc) is 2.55. The van der Waals surface area contributed by atoms with Gasteiger partial charge in [0, 0.05) is 41.1 Å². The van der Waals surface area contributed by atoms with E-state index in [2.05, 4.69) is 39.8 Å². The van der Waals surface area contributed by atoms with Gasteiger partial charge < -0.3 is 10.6 Å². The molecule has 6 heteroatoms. The van der Waals surface area contributed by atoms with E-state index in [1.807, 2.05) is 0 Å². The molecule has 126 valence electrons. The van der Waals surface area contributed by atoms with E-state index >= 15 is 0 Å². The first-order valence-electron chi connectivity index (χ1n) is 7.88. The summed E-state index contributed by atoms with van der Waals surface area (Å²) in [7, 11) is 0. The Bertz CT molecular complexity index is 705. The van der Waals surface area contributed by atoms with Crippen molar-refractivity contribution in [1.29, 1.82) is 0 Å². The maximum absolute atomic E-state index is 12.2. The SMILES string of the molecule is O=C(CN1CC=C(C2=CC=CCN2)CC1)Nc1cc(Cl)cc(Cl)c1. The van der Waals surface area contributed by atoms with Gasteiger partial charge in [-0.1, -0.05) is 41.4 Å². The summed E-state index contributed by atoms with van der Waals surface area (Å²) in [5, 5.41) is 7.22. The van der Waals surface area contributed by atoms with Gasteiger partial charge in [-0.05, 0) is 36.3 Å². The van der Waals surface area contributed by atoms with Crippen molar-refractivity contribution in [2.24, 2.45) is 0 Å². The topological polar surface area (TPSA) is 44.4 Å². The summed E-state index contributed by atoms with van der Waals surface area (Å²) in [4.78, 5) is 14.3. The van der Waals surface area contributed by atoms with E-state index in [0.717, 1.165) is 26.1 Å². The Morgan fingerprint density at radius 2 is 2.04 bits per heavy atom. The predicted octanol–water partition coefficient (Wildman–Crippen LogP) is 3.61. The van der Waals surface area contributed by atoms with Gasteiger partial charge >= 0.3 is 0 Å². The molecule has 0 spiro atoms. The maximum atomic E-state index is 12.2. The number of amides is 1. The van der Waals surface area contributed by atoms with Crippen molar-refractivity contribution in [3.05, 3.63) is 63.8 Å². The summed E-state index contributed by atoms with van der Waals surface area (Å²) in [6, 6.07) is 5.02. The van der Waals surface area contributed by atoms with E-state index in [4.69, 9.17) is 23.2 Å². The second-order valence-corrected chi connectivity index (χ2v) is 6.68. The van der Waals surface area contributed by atoms with Gasteiger partial charge in [0.15, 0.2) is 0 Å². The molecule has 0 saturated carbocycles. The molecule has 1 amide bonds. The molecule has 3 rings (SSSR count). The number of dihydropyridines is 1. The lowest BCUT2D eigenvalue weighted by atomic mass is 10.0. The molecule has 0 bridgehead atoms. The fourth-order valence-electron chi connectivity index (χ4n) is 2.81. The van der Waals surface area contributed by atoms with Crippen LogP contribution in [0.4, 0.5) is 5.69 Å². The van der Waals surface area contributed by atoms with E-state index in [1.165, 1.54) is 11.3 Å². The number of rotatable bonds is 4. The number of allylic oxidation sites excluding steroid dienone is 3. The molecule has 0 atom stereocenters. The number of halogens is 2. The second-order valence-electron chi connectivity index (χ2n) is 5.81. The molecule has 0 aromatic heterocycles. The average molecular weight is 364 g/mol. The van der Waals surface area contributed by atoms with Crippen molar-refractivity contribution in [2.75, 3.05) is 31.5 Å². The first-order valence-corrected chi connectivity index (χ1v) is 8.64. The van der Waals surface area contributed by atoms with Crippen LogP contribution in [0.3, 0.4) is 0 Å². The van der Waals surface area contributed by atoms with Crippen molar-refractivity contribution in [3.8, 4) is 0 Å². The Morgan fingerprint density at radius 1 is 1.25 bits per heavy atom. The number of nitrogens with zero attached hydrogens (tertiary/aromatic N) is 1. The number of benzene rings is 1. The highest BCUT2D eigenvalue weighted by Crippen LogP contribution is 2.23. The van der Waals surface area contributed by atoms with Crippen LogP contribution in [0.15, 0.2) is 53.8 Å². The first-order chi connectivity index (χ1) is 11.6. The van der Waals surface area contributed by atoms with E-state index in [-0.39, 0.29) is 5.91 Å². The van der Waals surface area contributed by atoms with Crippen molar-refractivity contribution < 1.29 is 4.79 Å². The van der Waals surface area contributed by atoms with Crippen LogP contribution in [0.1, 0.15) is 6.42 Å². The number of nitrogens with one attached hydrogen (secondary N) is 2. The number of carbonyl (C=O) groups excluding carboxylic acids is 1. The Morgan fingerprint density at radius 3 is 2.67 bits per heavy atom. The van der Waals surface area contributed by atoms with Gasteiger partial charge in [-0.15, -0.1) is 0 Å². The molecule has 2 aliphatic heterocycles. The maximum Gasteiger partial charge on any atom is 0.238 e. The van der Waals surface area contributed by atoms with Gasteiger partial charge in [0.2, 0.25) is 5.91 Å². The van der Waals surface area contributed by atoms with Gasteiger partial charge in [-0.2, -0.15) is 0 Å². The minimum atomic E-state index is -0.0666. The fraction of sp³-hybridized carbons (Fsp3) is 0.278. The zero-order valence-electron chi connectivity index (χ0n) is 13.2. The van der Waals surface area contributed by atoms with Crippen molar-refractivity contribution in [2.45, 2.75) is 6.42 Å². The third-order valence-corrected chi connectivity index (χ3v) is 4.40. The van der Waals surface area contributed by atoms with Crippen LogP contribution < -0.4 is 10.6 Å². The van der Waals surface area contributed by atoms with E-state index in [1.54, 1.807) is 18.2 Å². The summed E-state index contributed by atoms with van der Waals surface area (Å²) in [6.45, 7) is 2.85. The summed E-state index contributed by atoms with van der Waals surface area (Å²) in [5.74, 6) is -0.0666. The third kappa shape index (κ3) is 4.63. The van der Waals surface area contributed by atoms with Gasteiger partial charge in [0.05, 0.1) is 6.54 Å². The molecular formula is C18H19Cl2N3O. The van der Waals surface area contributed by atoms with Crippen LogP contribution in [0.25, 0.3) is 0 Å². The molecule has 24 heavy (non-hydrogen) atoms. The Labute approximate surface area is 151 Å². The number of carbonyl (C=O) groups is 1. The van der Waals surface area contributed by atoms with Crippen LogP contribution in [-0.2, 0) is 4.79 Å². The molecular weight excluding hydrogens is 345 g/mol. The molecule has 0 aliphatic carbocycles. The molecule has 0 unspecified atom stereocenters. The second kappa shape index (κ2) is 7.88. The summed E-state index contributed by atoms with van der Waals surface area (Å²) in [6.07, 6.45) is 9.38. The lowest BCUT2D eigenvalue weighted by Gasteiger charge is -2.27. The van der Waals surface area contributed by atoms with Crippen molar-refractivity contribution >= 4 is 34.8 Å². The molecule has 2 N–H and O–H groups in total. The number of hydrogen-bond donors (Lipinski definition) is 2. The minimum Gasteiger partial charge on any atom is -0.381 e. The van der Waals surface area contributed by atoms with Gasteiger partial charge in [-0.3, -0.25) is 9.69 Å². The first kappa shape index (κ1) is 17.1. The third-order valence-electron chi connectivity index (χ3n) is 3.96. The van der Waals surface area contributed by atoms with Crippen LogP contribution >= 0.6 is 23.2 Å². The standard InChI is InChI=1S/C18H19Cl2N3O/c19-14-9-15(20)11-16(10-14)22-18(24)12-23-7-4-13(5-8-23)17-3-1-2-6-21-17/h1-4,9-11,21H,5-8,12H2,(H,22,24). The highest BCUT2D eigenvalue weighted by Gasteiger charge is 2.17. The van der Waals surface area contributed by atoms with Crippen LogP contribution in [0.5, 0.6) is 0 Å². The fourth-order valence-corrected chi connectivity index (χ4v) is 3.34. The number of hydrogen-bond acceptors (Lipinski definition) is 3. The van der Waals surface area contributed by atoms with E-state index in [0.29, 0.717) is 22.3 Å². The molecule has 0 fully saturated rings. The summed E-state index contributed by atoms with van der Waals surface area (Å²) >= 11 is 11.9. The molecule has 4 nitrogen and oxygen atoms in total. The Kier molecular flexibility index (Phi) is 5.61. The summed E-state index contributed by atoms with van der Waals surface area (Å²) < 4.78 is 0. The largest absolute Gasteiger partial charge is 0.381 e. The zero-order chi connectivity index (χ0) is 16.9. The van der Waals surface area contributed by atoms with Crippen LogP contribution in [0, 0.1) is 0 Å². The highest BCUT2D eigenvalue weighted by atomic mass is 35.5. The van der Waals surface area contributed by atoms with E-state index < -0.39 is 0 Å². The smallest absolute Gasteiger partial charge is 0.238 e. The van der Waals surface area contributed by atoms with E-state index in [9.17, 15) is 4.79 Å². The molecule has 0 saturated heterocycles. The quantitative estimate of drug-likeness (QED) is 0.858. The van der Waals surface area contributed by atoms with Crippen LogP contribution in [-0.4, -0.2) is 37.0 Å². The molecule has 1 aromatic rings. The number of anilines is 1. The van der Waals surface area contributed by atoms with Gasteiger partial charge in [0.25, 0.3) is 0 Å². The molecule has 1 aromatic carbocycles. The lowest BCUT2D eigenvalue weighted by Crippen LogP contribution is -2.37. The normalized spacial score (nSPS) is 17.8.